The summed E-state index contributed by atoms with van der Waals surface area (Å²) in [6.07, 6.45) is 4.50. The zero-order valence-electron chi connectivity index (χ0n) is 18.4. The first-order chi connectivity index (χ1) is 15.3. The van der Waals surface area contributed by atoms with Crippen LogP contribution >= 0.6 is 0 Å². The Morgan fingerprint density at radius 1 is 0.710 bits per heavy atom. The molecule has 158 valence electrons. The number of pyridine rings is 1. The molecule has 0 unspecified atom stereocenters. The summed E-state index contributed by atoms with van der Waals surface area (Å²) in [4.78, 5) is 5.04. The van der Waals surface area contributed by atoms with Crippen LogP contribution in [0.1, 0.15) is 12.1 Å². The number of fused-ring (bicyclic) bond motifs is 1. The third kappa shape index (κ3) is 4.43. The second-order valence-corrected chi connectivity index (χ2v) is 8.69. The normalized spacial score (nSPS) is 15.5. The van der Waals surface area contributed by atoms with Crippen LogP contribution in [0.25, 0.3) is 27.8 Å². The van der Waals surface area contributed by atoms with E-state index in [1.165, 1.54) is 72.6 Å². The third-order valence-electron chi connectivity index (χ3n) is 6.57. The molecular formula is C28H31N3. The van der Waals surface area contributed by atoms with Crippen molar-refractivity contribution in [1.82, 2.24) is 14.2 Å². The maximum Gasteiger partial charge on any atom is 0.0459 e. The number of hydrogen-bond donors (Lipinski definition) is 0. The minimum atomic E-state index is 1.10. The van der Waals surface area contributed by atoms with Crippen molar-refractivity contribution in [1.29, 1.82) is 0 Å². The Morgan fingerprint density at radius 3 is 2.16 bits per heavy atom. The molecule has 3 nitrogen and oxygen atoms in total. The van der Waals surface area contributed by atoms with Crippen molar-refractivity contribution in [3.63, 3.8) is 0 Å². The number of likely N-dealkylation sites (N-methyl/N-ethyl adjacent to an activating group) is 1. The van der Waals surface area contributed by atoms with Gasteiger partial charge in [-0.2, -0.15) is 0 Å². The van der Waals surface area contributed by atoms with Gasteiger partial charge >= 0.3 is 0 Å². The van der Waals surface area contributed by atoms with Crippen molar-refractivity contribution in [2.75, 3.05) is 39.8 Å². The SMILES string of the molecule is CN1CCN(CCCc2c(-c3ccc(-c4ccccc4)cc3)cc3ccccn23)CC1. The van der Waals surface area contributed by atoms with Crippen molar-refractivity contribution < 1.29 is 0 Å². The van der Waals surface area contributed by atoms with Crippen molar-refractivity contribution in [3.8, 4) is 22.3 Å². The smallest absolute Gasteiger partial charge is 0.0459 e. The summed E-state index contributed by atoms with van der Waals surface area (Å²) in [5.41, 5.74) is 7.91. The topological polar surface area (TPSA) is 10.9 Å². The van der Waals surface area contributed by atoms with Gasteiger partial charge in [0.25, 0.3) is 0 Å². The second kappa shape index (κ2) is 9.09. The highest BCUT2D eigenvalue weighted by molar-refractivity contribution is 5.76. The van der Waals surface area contributed by atoms with Crippen LogP contribution in [0.2, 0.25) is 0 Å². The number of nitrogens with zero attached hydrogens (tertiary/aromatic N) is 3. The van der Waals surface area contributed by atoms with Crippen molar-refractivity contribution >= 4 is 5.52 Å². The lowest BCUT2D eigenvalue weighted by atomic mass is 9.99. The Bertz CT molecular complexity index is 1120. The van der Waals surface area contributed by atoms with Crippen LogP contribution in [0.15, 0.2) is 85.1 Å². The minimum absolute atomic E-state index is 1.10. The molecule has 4 aromatic rings. The molecule has 3 heteroatoms. The van der Waals surface area contributed by atoms with E-state index < -0.39 is 0 Å². The average molecular weight is 410 g/mol. The number of hydrogen-bond acceptors (Lipinski definition) is 2. The predicted octanol–water partition coefficient (Wildman–Crippen LogP) is 5.45. The van der Waals surface area contributed by atoms with E-state index in [9.17, 15) is 0 Å². The maximum absolute atomic E-state index is 2.62. The molecule has 0 saturated carbocycles. The first kappa shape index (κ1) is 20.0. The van der Waals surface area contributed by atoms with Gasteiger partial charge in [0.05, 0.1) is 0 Å². The van der Waals surface area contributed by atoms with Gasteiger partial charge in [-0.25, -0.2) is 0 Å². The van der Waals surface area contributed by atoms with Gasteiger partial charge in [-0.1, -0.05) is 60.7 Å². The van der Waals surface area contributed by atoms with Crippen molar-refractivity contribution in [2.24, 2.45) is 0 Å². The average Bonchev–Trinajstić information content (AvgIpc) is 3.20. The summed E-state index contributed by atoms with van der Waals surface area (Å²) in [5.74, 6) is 0. The number of aromatic nitrogens is 1. The largest absolute Gasteiger partial charge is 0.320 e. The second-order valence-electron chi connectivity index (χ2n) is 8.69. The van der Waals surface area contributed by atoms with Gasteiger partial charge in [0, 0.05) is 49.1 Å². The number of piperazine rings is 1. The Morgan fingerprint density at radius 2 is 1.39 bits per heavy atom. The Labute approximate surface area is 185 Å². The molecule has 0 bridgehead atoms. The maximum atomic E-state index is 2.62. The van der Waals surface area contributed by atoms with Gasteiger partial charge in [0.15, 0.2) is 0 Å². The van der Waals surface area contributed by atoms with E-state index in [4.69, 9.17) is 0 Å². The summed E-state index contributed by atoms with van der Waals surface area (Å²) < 4.78 is 2.38. The Hall–Kier alpha value is -2.88. The van der Waals surface area contributed by atoms with Gasteiger partial charge < -0.3 is 14.2 Å². The Kier molecular flexibility index (Phi) is 5.88. The molecule has 2 aromatic carbocycles. The fraction of sp³-hybridized carbons (Fsp3) is 0.286. The molecule has 0 N–H and O–H groups in total. The number of benzene rings is 2. The molecule has 1 fully saturated rings. The van der Waals surface area contributed by atoms with Crippen molar-refractivity contribution in [3.05, 3.63) is 90.8 Å². The third-order valence-corrected chi connectivity index (χ3v) is 6.57. The summed E-state index contributed by atoms with van der Waals surface area (Å²) in [7, 11) is 2.22. The van der Waals surface area contributed by atoms with Crippen LogP contribution in [-0.2, 0) is 6.42 Å². The van der Waals surface area contributed by atoms with E-state index in [0.717, 1.165) is 6.42 Å². The molecule has 0 radical (unpaired) electrons. The highest BCUT2D eigenvalue weighted by Crippen LogP contribution is 2.31. The molecule has 1 aliphatic rings. The number of rotatable bonds is 6. The van der Waals surface area contributed by atoms with Crippen molar-refractivity contribution in [2.45, 2.75) is 12.8 Å². The van der Waals surface area contributed by atoms with E-state index in [1.807, 2.05) is 0 Å². The lowest BCUT2D eigenvalue weighted by Gasteiger charge is -2.32. The van der Waals surface area contributed by atoms with Crippen LogP contribution in [0.5, 0.6) is 0 Å². The molecule has 1 saturated heterocycles. The summed E-state index contributed by atoms with van der Waals surface area (Å²) in [6, 6.07) is 28.5. The Balaban J connectivity index is 1.38. The molecule has 0 amide bonds. The molecular weight excluding hydrogens is 378 g/mol. The fourth-order valence-corrected chi connectivity index (χ4v) is 4.70. The van der Waals surface area contributed by atoms with E-state index in [1.54, 1.807) is 0 Å². The van der Waals surface area contributed by atoms with Crippen LogP contribution in [-0.4, -0.2) is 54.0 Å². The van der Waals surface area contributed by atoms with Gasteiger partial charge in [-0.05, 0) is 61.3 Å². The lowest BCUT2D eigenvalue weighted by Crippen LogP contribution is -2.44. The van der Waals surface area contributed by atoms with Gasteiger partial charge in [-0.15, -0.1) is 0 Å². The predicted molar refractivity (Wildman–Crippen MR) is 131 cm³/mol. The van der Waals surface area contributed by atoms with Crippen LogP contribution in [0.4, 0.5) is 0 Å². The molecule has 0 spiro atoms. The zero-order chi connectivity index (χ0) is 21.0. The highest BCUT2D eigenvalue weighted by atomic mass is 15.2. The fourth-order valence-electron chi connectivity index (χ4n) is 4.70. The minimum Gasteiger partial charge on any atom is -0.320 e. The monoisotopic (exact) mass is 409 g/mol. The highest BCUT2D eigenvalue weighted by Gasteiger charge is 2.15. The molecule has 1 aliphatic heterocycles. The molecule has 3 heterocycles. The summed E-state index contributed by atoms with van der Waals surface area (Å²) >= 11 is 0. The quantitative estimate of drug-likeness (QED) is 0.419. The molecule has 0 aliphatic carbocycles. The standard InChI is InChI=1S/C28H31N3/c1-29-18-20-30(21-19-29)16-7-11-28-27(22-26-10-5-6-17-31(26)28)25-14-12-24(13-15-25)23-8-3-2-4-9-23/h2-6,8-10,12-15,17,22H,7,11,16,18-21H2,1H3. The van der Waals surface area contributed by atoms with Gasteiger partial charge in [0.2, 0.25) is 0 Å². The molecule has 0 atom stereocenters. The van der Waals surface area contributed by atoms with Gasteiger partial charge in [-0.3, -0.25) is 0 Å². The van der Waals surface area contributed by atoms with E-state index in [0.29, 0.717) is 0 Å². The first-order valence-corrected chi connectivity index (χ1v) is 11.4. The number of aryl methyl sites for hydroxylation is 1. The molecule has 5 rings (SSSR count). The van der Waals surface area contributed by atoms with Crippen LogP contribution < -0.4 is 0 Å². The molecule has 31 heavy (non-hydrogen) atoms. The van der Waals surface area contributed by atoms with Gasteiger partial charge in [0.1, 0.15) is 0 Å². The van der Waals surface area contributed by atoms with E-state index in [-0.39, 0.29) is 0 Å². The van der Waals surface area contributed by atoms with Crippen LogP contribution in [0, 0.1) is 0 Å². The van der Waals surface area contributed by atoms with Crippen LogP contribution in [0.3, 0.4) is 0 Å². The summed E-state index contributed by atoms with van der Waals surface area (Å²) in [6.45, 7) is 5.94. The molecule has 2 aromatic heterocycles. The lowest BCUT2D eigenvalue weighted by molar-refractivity contribution is 0.153. The van der Waals surface area contributed by atoms with E-state index >= 15 is 0 Å². The first-order valence-electron chi connectivity index (χ1n) is 11.4. The summed E-state index contributed by atoms with van der Waals surface area (Å²) in [5, 5.41) is 0. The zero-order valence-corrected chi connectivity index (χ0v) is 18.4. The van der Waals surface area contributed by atoms with E-state index in [2.05, 4.69) is 106 Å².